The summed E-state index contributed by atoms with van der Waals surface area (Å²) in [5.74, 6) is -0.917. The lowest BCUT2D eigenvalue weighted by atomic mass is 10.1. The minimum absolute atomic E-state index is 0.129. The van der Waals surface area contributed by atoms with Crippen molar-refractivity contribution in [2.45, 2.75) is 26.8 Å². The second-order valence-electron chi connectivity index (χ2n) is 5.21. The van der Waals surface area contributed by atoms with Gasteiger partial charge in [0.05, 0.1) is 29.0 Å². The Bertz CT molecular complexity index is 832. The van der Waals surface area contributed by atoms with E-state index in [9.17, 15) is 4.79 Å². The first-order valence-electron chi connectivity index (χ1n) is 6.74. The number of hydrogen-bond acceptors (Lipinski definition) is 3. The fourth-order valence-corrected chi connectivity index (χ4v) is 3.70. The van der Waals surface area contributed by atoms with E-state index >= 15 is 0 Å². The molecule has 0 radical (unpaired) electrons. The van der Waals surface area contributed by atoms with Gasteiger partial charge in [-0.2, -0.15) is 0 Å². The van der Waals surface area contributed by atoms with E-state index in [0.29, 0.717) is 0 Å². The molecule has 0 amide bonds. The summed E-state index contributed by atoms with van der Waals surface area (Å²) >= 11 is 1.78. The van der Waals surface area contributed by atoms with Crippen molar-refractivity contribution in [2.75, 3.05) is 0 Å². The molecule has 1 aromatic carbocycles. The van der Waals surface area contributed by atoms with Crippen LogP contribution in [0.3, 0.4) is 0 Å². The highest BCUT2D eigenvalue weighted by molar-refractivity contribution is 7.12. The molecule has 108 valence electrons. The first-order chi connectivity index (χ1) is 9.97. The predicted molar refractivity (Wildman–Crippen MR) is 84.3 cm³/mol. The maximum atomic E-state index is 11.1. The number of fused-ring (bicyclic) bond motifs is 1. The van der Waals surface area contributed by atoms with E-state index in [1.807, 2.05) is 4.57 Å². The lowest BCUT2D eigenvalue weighted by molar-refractivity contribution is 0.0697. The molecule has 0 fully saturated rings. The van der Waals surface area contributed by atoms with Crippen molar-refractivity contribution in [2.24, 2.45) is 0 Å². The van der Waals surface area contributed by atoms with E-state index in [1.54, 1.807) is 35.9 Å². The van der Waals surface area contributed by atoms with Gasteiger partial charge < -0.3 is 9.67 Å². The van der Waals surface area contributed by atoms with Crippen molar-refractivity contribution < 1.29 is 9.90 Å². The van der Waals surface area contributed by atoms with Crippen LogP contribution < -0.4 is 0 Å². The van der Waals surface area contributed by atoms with Crippen LogP contribution in [0.5, 0.6) is 0 Å². The van der Waals surface area contributed by atoms with Gasteiger partial charge in [-0.15, -0.1) is 11.3 Å². The number of carboxylic acids is 1. The Kier molecular flexibility index (Phi) is 3.29. The molecule has 2 aromatic heterocycles. The fourth-order valence-electron chi connectivity index (χ4n) is 2.68. The maximum absolute atomic E-state index is 11.1. The topological polar surface area (TPSA) is 55.1 Å². The highest BCUT2D eigenvalue weighted by Gasteiger charge is 2.16. The second-order valence-corrected chi connectivity index (χ2v) is 6.67. The van der Waals surface area contributed by atoms with Gasteiger partial charge in [0.2, 0.25) is 0 Å². The molecule has 4 nitrogen and oxygen atoms in total. The van der Waals surface area contributed by atoms with Crippen LogP contribution in [0.2, 0.25) is 0 Å². The van der Waals surface area contributed by atoms with Crippen LogP contribution >= 0.6 is 11.3 Å². The number of aromatic nitrogens is 2. The van der Waals surface area contributed by atoms with Gasteiger partial charge in [-0.05, 0) is 50.6 Å². The molecule has 0 saturated heterocycles. The Morgan fingerprint density at radius 1 is 1.33 bits per heavy atom. The first-order valence-corrected chi connectivity index (χ1v) is 7.56. The van der Waals surface area contributed by atoms with Crippen LogP contribution in [0, 0.1) is 13.8 Å². The molecule has 0 aliphatic rings. The monoisotopic (exact) mass is 300 g/mol. The van der Waals surface area contributed by atoms with E-state index < -0.39 is 5.97 Å². The number of nitrogens with zero attached hydrogens (tertiary/aromatic N) is 2. The summed E-state index contributed by atoms with van der Waals surface area (Å²) in [5.41, 5.74) is 3.22. The van der Waals surface area contributed by atoms with Gasteiger partial charge >= 0.3 is 5.97 Å². The fraction of sp³-hybridized carbons (Fsp3) is 0.250. The Balaban J connectivity index is 2.13. The molecular formula is C16H16N2O2S. The number of rotatable bonds is 3. The standard InChI is InChI=1S/C16H16N2O2S/c1-9-6-13(11(3)21-9)10(2)18-8-17-14-5-4-12(16(19)20)7-15(14)18/h4-8,10H,1-3H3,(H,19,20). The highest BCUT2D eigenvalue weighted by atomic mass is 32.1. The number of carbonyl (C=O) groups is 1. The molecule has 1 unspecified atom stereocenters. The van der Waals surface area contributed by atoms with Gasteiger partial charge in [-0.25, -0.2) is 9.78 Å². The summed E-state index contributed by atoms with van der Waals surface area (Å²) in [5, 5.41) is 9.15. The van der Waals surface area contributed by atoms with Gasteiger partial charge in [-0.1, -0.05) is 0 Å². The number of aromatic carboxylic acids is 1. The van der Waals surface area contributed by atoms with Crippen molar-refractivity contribution in [1.29, 1.82) is 0 Å². The van der Waals surface area contributed by atoms with Crippen molar-refractivity contribution in [3.8, 4) is 0 Å². The van der Waals surface area contributed by atoms with Crippen molar-refractivity contribution in [3.63, 3.8) is 0 Å². The molecule has 21 heavy (non-hydrogen) atoms. The number of thiophene rings is 1. The first kappa shape index (κ1) is 13.8. The van der Waals surface area contributed by atoms with Crippen LogP contribution in [0.1, 0.15) is 38.6 Å². The van der Waals surface area contributed by atoms with Crippen molar-refractivity contribution in [3.05, 3.63) is 51.5 Å². The number of imidazole rings is 1. The normalized spacial score (nSPS) is 12.7. The molecule has 5 heteroatoms. The van der Waals surface area contributed by atoms with Crippen LogP contribution in [0.25, 0.3) is 11.0 Å². The largest absolute Gasteiger partial charge is 0.478 e. The summed E-state index contributed by atoms with van der Waals surface area (Å²) in [6.07, 6.45) is 1.79. The maximum Gasteiger partial charge on any atom is 0.335 e. The van der Waals surface area contributed by atoms with Crippen LogP contribution in [0.4, 0.5) is 0 Å². The smallest absolute Gasteiger partial charge is 0.335 e. The van der Waals surface area contributed by atoms with Gasteiger partial charge in [-0.3, -0.25) is 0 Å². The Hall–Kier alpha value is -2.14. The van der Waals surface area contributed by atoms with E-state index in [1.165, 1.54) is 15.3 Å². The van der Waals surface area contributed by atoms with Gasteiger partial charge in [0.25, 0.3) is 0 Å². The molecular weight excluding hydrogens is 284 g/mol. The zero-order chi connectivity index (χ0) is 15.1. The number of aryl methyl sites for hydroxylation is 2. The summed E-state index contributed by atoms with van der Waals surface area (Å²) in [7, 11) is 0. The van der Waals surface area contributed by atoms with E-state index in [2.05, 4.69) is 31.8 Å². The minimum atomic E-state index is -0.917. The summed E-state index contributed by atoms with van der Waals surface area (Å²) in [6, 6.07) is 7.36. The molecule has 2 heterocycles. The Labute approximate surface area is 126 Å². The third-order valence-electron chi connectivity index (χ3n) is 3.77. The molecule has 0 aliphatic heterocycles. The van der Waals surface area contributed by atoms with Gasteiger partial charge in [0.1, 0.15) is 0 Å². The minimum Gasteiger partial charge on any atom is -0.478 e. The zero-order valence-electron chi connectivity index (χ0n) is 12.1. The predicted octanol–water partition coefficient (Wildman–Crippen LogP) is 4.02. The number of hydrogen-bond donors (Lipinski definition) is 1. The highest BCUT2D eigenvalue weighted by Crippen LogP contribution is 2.30. The Morgan fingerprint density at radius 3 is 2.71 bits per heavy atom. The molecule has 3 rings (SSSR count). The molecule has 1 N–H and O–H groups in total. The third-order valence-corrected chi connectivity index (χ3v) is 4.75. The molecule has 0 spiro atoms. The third kappa shape index (κ3) is 2.34. The summed E-state index contributed by atoms with van der Waals surface area (Å²) < 4.78 is 2.04. The van der Waals surface area contributed by atoms with Crippen molar-refractivity contribution in [1.82, 2.24) is 9.55 Å². The van der Waals surface area contributed by atoms with Gasteiger partial charge in [0.15, 0.2) is 0 Å². The van der Waals surface area contributed by atoms with Crippen molar-refractivity contribution >= 4 is 28.3 Å². The lowest BCUT2D eigenvalue weighted by Gasteiger charge is -2.14. The molecule has 3 aromatic rings. The molecule has 1 atom stereocenters. The summed E-state index contributed by atoms with van der Waals surface area (Å²) in [6.45, 7) is 6.33. The average Bonchev–Trinajstić information content (AvgIpc) is 3.00. The number of carboxylic acid groups (broad SMARTS) is 1. The van der Waals surface area contributed by atoms with Crippen LogP contribution in [-0.4, -0.2) is 20.6 Å². The van der Waals surface area contributed by atoms with E-state index in [-0.39, 0.29) is 11.6 Å². The molecule has 0 saturated carbocycles. The van der Waals surface area contributed by atoms with Crippen LogP contribution in [0.15, 0.2) is 30.6 Å². The van der Waals surface area contributed by atoms with Gasteiger partial charge in [0, 0.05) is 9.75 Å². The average molecular weight is 300 g/mol. The summed E-state index contributed by atoms with van der Waals surface area (Å²) in [4.78, 5) is 18.1. The van der Waals surface area contributed by atoms with Crippen LogP contribution in [-0.2, 0) is 0 Å². The zero-order valence-corrected chi connectivity index (χ0v) is 12.9. The molecule has 0 bridgehead atoms. The Morgan fingerprint density at radius 2 is 2.10 bits per heavy atom. The quantitative estimate of drug-likeness (QED) is 0.794. The molecule has 0 aliphatic carbocycles. The SMILES string of the molecule is Cc1cc(C(C)n2cnc3ccc(C(=O)O)cc32)c(C)s1. The second kappa shape index (κ2) is 5.00. The van der Waals surface area contributed by atoms with E-state index in [0.717, 1.165) is 11.0 Å². The lowest BCUT2D eigenvalue weighted by Crippen LogP contribution is -2.06. The van der Waals surface area contributed by atoms with E-state index in [4.69, 9.17) is 5.11 Å². The number of benzene rings is 1.